The molecule has 106 valence electrons. The minimum atomic E-state index is -0.529. The van der Waals surface area contributed by atoms with Gasteiger partial charge in [0.25, 0.3) is 0 Å². The van der Waals surface area contributed by atoms with Gasteiger partial charge in [0.05, 0.1) is 19.8 Å². The number of ether oxygens (including phenoxy) is 2. The van der Waals surface area contributed by atoms with E-state index in [0.717, 1.165) is 22.4 Å². The molecule has 0 aliphatic rings. The molecule has 0 spiro atoms. The first kappa shape index (κ1) is 14.6. The van der Waals surface area contributed by atoms with Crippen LogP contribution in [0.3, 0.4) is 0 Å². The lowest BCUT2D eigenvalue weighted by molar-refractivity contribution is 0.175. The zero-order chi connectivity index (χ0) is 14.4. The van der Waals surface area contributed by atoms with Crippen molar-refractivity contribution < 1.29 is 14.6 Å². The molecule has 1 unspecified atom stereocenters. The molecule has 0 heterocycles. The molecule has 0 fully saturated rings. The van der Waals surface area contributed by atoms with Gasteiger partial charge >= 0.3 is 0 Å². The van der Waals surface area contributed by atoms with Gasteiger partial charge in [0.1, 0.15) is 5.75 Å². The Labute approximate surface area is 119 Å². The molecule has 0 bridgehead atoms. The summed E-state index contributed by atoms with van der Waals surface area (Å²) in [6, 6.07) is 15.6. The summed E-state index contributed by atoms with van der Waals surface area (Å²) >= 11 is 0. The van der Waals surface area contributed by atoms with E-state index in [1.807, 2.05) is 48.5 Å². The molecule has 0 saturated carbocycles. The monoisotopic (exact) mass is 272 g/mol. The lowest BCUT2D eigenvalue weighted by atomic mass is 10.00. The van der Waals surface area contributed by atoms with Crippen molar-refractivity contribution >= 4 is 0 Å². The first-order chi connectivity index (χ1) is 9.72. The van der Waals surface area contributed by atoms with Crippen molar-refractivity contribution in [2.24, 2.45) is 0 Å². The Bertz CT molecular complexity index is 551. The van der Waals surface area contributed by atoms with Gasteiger partial charge in [-0.25, -0.2) is 0 Å². The Hall–Kier alpha value is -1.84. The Morgan fingerprint density at radius 1 is 1.00 bits per heavy atom. The zero-order valence-electron chi connectivity index (χ0n) is 11.9. The van der Waals surface area contributed by atoms with Crippen LogP contribution in [-0.2, 0) is 17.8 Å². The Morgan fingerprint density at radius 3 is 2.50 bits per heavy atom. The summed E-state index contributed by atoms with van der Waals surface area (Å²) in [7, 11) is 3.31. The quantitative estimate of drug-likeness (QED) is 0.878. The van der Waals surface area contributed by atoms with Crippen LogP contribution < -0.4 is 4.74 Å². The first-order valence-electron chi connectivity index (χ1n) is 6.61. The lowest BCUT2D eigenvalue weighted by Gasteiger charge is -2.13. The van der Waals surface area contributed by atoms with E-state index in [2.05, 4.69) is 0 Å². The average Bonchev–Trinajstić information content (AvgIpc) is 2.48. The van der Waals surface area contributed by atoms with Crippen molar-refractivity contribution in [1.29, 1.82) is 0 Å². The summed E-state index contributed by atoms with van der Waals surface area (Å²) in [5.74, 6) is 0.808. The van der Waals surface area contributed by atoms with Gasteiger partial charge in [-0.3, -0.25) is 0 Å². The van der Waals surface area contributed by atoms with E-state index in [1.165, 1.54) is 0 Å². The third kappa shape index (κ3) is 3.83. The van der Waals surface area contributed by atoms with Crippen LogP contribution >= 0.6 is 0 Å². The molecule has 0 aliphatic carbocycles. The van der Waals surface area contributed by atoms with Crippen molar-refractivity contribution in [2.75, 3.05) is 14.2 Å². The predicted octanol–water partition coefficient (Wildman–Crippen LogP) is 3.12. The van der Waals surface area contributed by atoms with Gasteiger partial charge in [-0.05, 0) is 28.8 Å². The smallest absolute Gasteiger partial charge is 0.119 e. The number of hydrogen-bond donors (Lipinski definition) is 1. The highest BCUT2D eigenvalue weighted by Gasteiger charge is 2.09. The number of rotatable bonds is 6. The van der Waals surface area contributed by atoms with E-state index in [4.69, 9.17) is 9.47 Å². The molecule has 0 aliphatic heterocycles. The summed E-state index contributed by atoms with van der Waals surface area (Å²) in [6.45, 7) is 0.555. The summed E-state index contributed by atoms with van der Waals surface area (Å²) in [6.07, 6.45) is 0.0343. The van der Waals surface area contributed by atoms with E-state index in [9.17, 15) is 5.11 Å². The van der Waals surface area contributed by atoms with Gasteiger partial charge in [-0.1, -0.05) is 36.4 Å². The first-order valence-corrected chi connectivity index (χ1v) is 6.61. The van der Waals surface area contributed by atoms with Crippen LogP contribution in [0.25, 0.3) is 0 Å². The Kier molecular flexibility index (Phi) is 5.16. The van der Waals surface area contributed by atoms with E-state index in [0.29, 0.717) is 13.0 Å². The van der Waals surface area contributed by atoms with Crippen LogP contribution in [0.2, 0.25) is 0 Å². The molecule has 2 rings (SSSR count). The normalized spacial score (nSPS) is 12.2. The maximum absolute atomic E-state index is 10.3. The number of benzene rings is 2. The third-order valence-electron chi connectivity index (χ3n) is 3.21. The molecule has 3 heteroatoms. The highest BCUT2D eigenvalue weighted by atomic mass is 16.5. The molecule has 0 amide bonds. The van der Waals surface area contributed by atoms with Crippen molar-refractivity contribution in [3.8, 4) is 5.75 Å². The highest BCUT2D eigenvalue weighted by Crippen LogP contribution is 2.22. The van der Waals surface area contributed by atoms with Crippen LogP contribution in [0.4, 0.5) is 0 Å². The molecule has 1 atom stereocenters. The zero-order valence-corrected chi connectivity index (χ0v) is 11.9. The van der Waals surface area contributed by atoms with Crippen molar-refractivity contribution in [3.63, 3.8) is 0 Å². The predicted molar refractivity (Wildman–Crippen MR) is 78.8 cm³/mol. The maximum atomic E-state index is 10.3. The number of hydrogen-bond acceptors (Lipinski definition) is 3. The number of methoxy groups -OCH3 is 2. The van der Waals surface area contributed by atoms with Crippen molar-refractivity contribution in [3.05, 3.63) is 65.2 Å². The summed E-state index contributed by atoms with van der Waals surface area (Å²) in [5.41, 5.74) is 3.02. The third-order valence-corrected chi connectivity index (χ3v) is 3.21. The van der Waals surface area contributed by atoms with Gasteiger partial charge < -0.3 is 14.6 Å². The fraction of sp³-hybridized carbons (Fsp3) is 0.294. The van der Waals surface area contributed by atoms with Gasteiger partial charge in [0, 0.05) is 13.5 Å². The topological polar surface area (TPSA) is 38.7 Å². The van der Waals surface area contributed by atoms with Crippen LogP contribution in [-0.4, -0.2) is 19.3 Å². The number of aliphatic hydroxyl groups excluding tert-OH is 1. The van der Waals surface area contributed by atoms with E-state index in [-0.39, 0.29) is 0 Å². The second-order valence-electron chi connectivity index (χ2n) is 4.75. The molecular formula is C17H20O3. The largest absolute Gasteiger partial charge is 0.497 e. The molecule has 0 aromatic heterocycles. The number of aliphatic hydroxyl groups is 1. The summed E-state index contributed by atoms with van der Waals surface area (Å²) in [5, 5.41) is 10.3. The summed E-state index contributed by atoms with van der Waals surface area (Å²) in [4.78, 5) is 0. The highest BCUT2D eigenvalue weighted by molar-refractivity contribution is 5.31. The summed E-state index contributed by atoms with van der Waals surface area (Å²) < 4.78 is 10.3. The van der Waals surface area contributed by atoms with E-state index >= 15 is 0 Å². The fourth-order valence-electron chi connectivity index (χ4n) is 2.20. The average molecular weight is 272 g/mol. The fourth-order valence-corrected chi connectivity index (χ4v) is 2.20. The molecule has 1 N–H and O–H groups in total. The standard InChI is InChI=1S/C17H20O3/c1-19-12-14-6-3-7-15(9-14)17(18)11-13-5-4-8-16(10-13)20-2/h3-10,17-18H,11-12H2,1-2H3. The molecule has 0 radical (unpaired) electrons. The van der Waals surface area contributed by atoms with Crippen molar-refractivity contribution in [2.45, 2.75) is 19.1 Å². The molecule has 20 heavy (non-hydrogen) atoms. The van der Waals surface area contributed by atoms with E-state index in [1.54, 1.807) is 14.2 Å². The molecule has 2 aromatic carbocycles. The van der Waals surface area contributed by atoms with Gasteiger partial charge in [0.2, 0.25) is 0 Å². The lowest BCUT2D eigenvalue weighted by Crippen LogP contribution is -2.03. The van der Waals surface area contributed by atoms with Crippen LogP contribution in [0.1, 0.15) is 22.8 Å². The minimum absolute atomic E-state index is 0.529. The molecule has 0 saturated heterocycles. The van der Waals surface area contributed by atoms with Crippen LogP contribution in [0.15, 0.2) is 48.5 Å². The molecule has 2 aromatic rings. The maximum Gasteiger partial charge on any atom is 0.119 e. The molecular weight excluding hydrogens is 252 g/mol. The minimum Gasteiger partial charge on any atom is -0.497 e. The van der Waals surface area contributed by atoms with Crippen molar-refractivity contribution in [1.82, 2.24) is 0 Å². The Balaban J connectivity index is 2.10. The van der Waals surface area contributed by atoms with Crippen LogP contribution in [0.5, 0.6) is 5.75 Å². The SMILES string of the molecule is COCc1cccc(C(O)Cc2cccc(OC)c2)c1. The van der Waals surface area contributed by atoms with Gasteiger partial charge in [0.15, 0.2) is 0 Å². The van der Waals surface area contributed by atoms with E-state index < -0.39 is 6.10 Å². The van der Waals surface area contributed by atoms with Gasteiger partial charge in [-0.15, -0.1) is 0 Å². The second kappa shape index (κ2) is 7.08. The molecule has 3 nitrogen and oxygen atoms in total. The Morgan fingerprint density at radius 2 is 1.75 bits per heavy atom. The second-order valence-corrected chi connectivity index (χ2v) is 4.75. The van der Waals surface area contributed by atoms with Gasteiger partial charge in [-0.2, -0.15) is 0 Å². The van der Waals surface area contributed by atoms with Crippen LogP contribution in [0, 0.1) is 0 Å².